The van der Waals surface area contributed by atoms with Gasteiger partial charge in [-0.25, -0.2) is 0 Å². The molecule has 13 heavy (non-hydrogen) atoms. The van der Waals surface area contributed by atoms with Crippen molar-refractivity contribution in [3.8, 4) is 6.07 Å². The second kappa shape index (κ2) is 5.31. The summed E-state index contributed by atoms with van der Waals surface area (Å²) in [6, 6.07) is 10.2. The standard InChI is InChI=1S/C10H10BrNS/c1-8(6-7-12)13-10-5-3-2-4-9(10)11/h2-5,8H,6H2,1H3. The van der Waals surface area contributed by atoms with Crippen LogP contribution in [0.3, 0.4) is 0 Å². The zero-order valence-corrected chi connectivity index (χ0v) is 9.73. The fourth-order valence-corrected chi connectivity index (χ4v) is 2.42. The minimum absolute atomic E-state index is 0.351. The number of rotatable bonds is 3. The first-order valence-electron chi connectivity index (χ1n) is 4.02. The first kappa shape index (κ1) is 10.6. The fourth-order valence-electron chi connectivity index (χ4n) is 0.927. The molecule has 0 bridgehead atoms. The van der Waals surface area contributed by atoms with Gasteiger partial charge in [-0.15, -0.1) is 11.8 Å². The maximum absolute atomic E-state index is 8.51. The van der Waals surface area contributed by atoms with Crippen LogP contribution in [-0.2, 0) is 0 Å². The van der Waals surface area contributed by atoms with Gasteiger partial charge in [-0.1, -0.05) is 19.1 Å². The Kier molecular flexibility index (Phi) is 4.34. The molecule has 3 heteroatoms. The molecule has 68 valence electrons. The number of nitriles is 1. The first-order chi connectivity index (χ1) is 6.24. The molecule has 0 radical (unpaired) electrons. The van der Waals surface area contributed by atoms with E-state index >= 15 is 0 Å². The molecule has 1 rings (SSSR count). The molecule has 0 N–H and O–H groups in total. The van der Waals surface area contributed by atoms with Gasteiger partial charge in [0.2, 0.25) is 0 Å². The smallest absolute Gasteiger partial charge is 0.0633 e. The highest BCUT2D eigenvalue weighted by atomic mass is 79.9. The van der Waals surface area contributed by atoms with Crippen molar-refractivity contribution >= 4 is 27.7 Å². The SMILES string of the molecule is CC(CC#N)Sc1ccccc1Br. The Morgan fingerprint density at radius 2 is 2.23 bits per heavy atom. The Morgan fingerprint density at radius 1 is 1.54 bits per heavy atom. The monoisotopic (exact) mass is 255 g/mol. The van der Waals surface area contributed by atoms with Gasteiger partial charge in [-0.3, -0.25) is 0 Å². The third-order valence-electron chi connectivity index (χ3n) is 1.54. The van der Waals surface area contributed by atoms with Crippen LogP contribution < -0.4 is 0 Å². The van der Waals surface area contributed by atoms with E-state index in [-0.39, 0.29) is 0 Å². The second-order valence-electron chi connectivity index (χ2n) is 2.72. The van der Waals surface area contributed by atoms with E-state index in [9.17, 15) is 0 Å². The van der Waals surface area contributed by atoms with Crippen molar-refractivity contribution in [2.24, 2.45) is 0 Å². The van der Waals surface area contributed by atoms with E-state index < -0.39 is 0 Å². The molecule has 1 unspecified atom stereocenters. The van der Waals surface area contributed by atoms with Crippen LogP contribution in [0.2, 0.25) is 0 Å². The van der Waals surface area contributed by atoms with Crippen molar-refractivity contribution in [2.75, 3.05) is 0 Å². The molecule has 1 aromatic rings. The highest BCUT2D eigenvalue weighted by Crippen LogP contribution is 2.31. The molecular weight excluding hydrogens is 246 g/mol. The molecular formula is C10H10BrNS. The van der Waals surface area contributed by atoms with Crippen molar-refractivity contribution in [2.45, 2.75) is 23.5 Å². The lowest BCUT2D eigenvalue weighted by Crippen LogP contribution is -1.93. The van der Waals surface area contributed by atoms with Gasteiger partial charge >= 0.3 is 0 Å². The summed E-state index contributed by atoms with van der Waals surface area (Å²) in [6.07, 6.45) is 0.589. The van der Waals surface area contributed by atoms with E-state index in [4.69, 9.17) is 5.26 Å². The lowest BCUT2D eigenvalue weighted by atomic mass is 10.4. The summed E-state index contributed by atoms with van der Waals surface area (Å²) in [5, 5.41) is 8.86. The zero-order chi connectivity index (χ0) is 9.68. The van der Waals surface area contributed by atoms with Crippen LogP contribution in [0.15, 0.2) is 33.6 Å². The van der Waals surface area contributed by atoms with Crippen LogP contribution >= 0.6 is 27.7 Å². The van der Waals surface area contributed by atoms with E-state index in [1.54, 1.807) is 11.8 Å². The molecule has 0 saturated carbocycles. The summed E-state index contributed by atoms with van der Waals surface area (Å²) in [7, 11) is 0. The lowest BCUT2D eigenvalue weighted by Gasteiger charge is -2.07. The molecule has 0 amide bonds. The van der Waals surface area contributed by atoms with Gasteiger partial charge in [0.1, 0.15) is 0 Å². The van der Waals surface area contributed by atoms with E-state index in [0.717, 1.165) is 4.47 Å². The highest BCUT2D eigenvalue weighted by molar-refractivity contribution is 9.10. The molecule has 0 aliphatic heterocycles. The molecule has 0 spiro atoms. The molecule has 0 aromatic heterocycles. The molecule has 1 aromatic carbocycles. The number of thioether (sulfide) groups is 1. The zero-order valence-electron chi connectivity index (χ0n) is 7.33. The Labute approximate surface area is 91.3 Å². The minimum atomic E-state index is 0.351. The summed E-state index contributed by atoms with van der Waals surface area (Å²) in [5.74, 6) is 0. The normalized spacial score (nSPS) is 12.1. The van der Waals surface area contributed by atoms with Gasteiger partial charge in [-0.05, 0) is 28.1 Å². The Hall–Kier alpha value is -0.460. The fraction of sp³-hybridized carbons (Fsp3) is 0.300. The summed E-state index contributed by atoms with van der Waals surface area (Å²) >= 11 is 5.20. The van der Waals surface area contributed by atoms with Gasteiger partial charge in [0, 0.05) is 21.0 Å². The number of hydrogen-bond acceptors (Lipinski definition) is 2. The van der Waals surface area contributed by atoms with Crippen LogP contribution in [0.5, 0.6) is 0 Å². The average molecular weight is 256 g/mol. The number of halogens is 1. The Bertz CT molecular complexity index is 319. The van der Waals surface area contributed by atoms with Crippen molar-refractivity contribution in [3.63, 3.8) is 0 Å². The lowest BCUT2D eigenvalue weighted by molar-refractivity contribution is 0.989. The predicted octanol–water partition coefficient (Wildman–Crippen LogP) is 3.84. The molecule has 0 aliphatic carbocycles. The van der Waals surface area contributed by atoms with Gasteiger partial charge in [0.15, 0.2) is 0 Å². The van der Waals surface area contributed by atoms with Crippen LogP contribution in [0, 0.1) is 11.3 Å². The predicted molar refractivity (Wildman–Crippen MR) is 59.7 cm³/mol. The summed E-state index contributed by atoms with van der Waals surface area (Å²) in [5.41, 5.74) is 0. The van der Waals surface area contributed by atoms with Crippen molar-refractivity contribution in [1.82, 2.24) is 0 Å². The molecule has 1 atom stereocenters. The van der Waals surface area contributed by atoms with E-state index in [1.807, 2.05) is 18.2 Å². The molecule has 0 aliphatic rings. The third-order valence-corrected chi connectivity index (χ3v) is 3.68. The summed E-state index contributed by atoms with van der Waals surface area (Å²) in [6.45, 7) is 2.06. The first-order valence-corrected chi connectivity index (χ1v) is 5.69. The van der Waals surface area contributed by atoms with Gasteiger partial charge < -0.3 is 0 Å². The third kappa shape index (κ3) is 3.41. The maximum Gasteiger partial charge on any atom is 0.0633 e. The largest absolute Gasteiger partial charge is 0.198 e. The van der Waals surface area contributed by atoms with Crippen molar-refractivity contribution < 1.29 is 0 Å². The minimum Gasteiger partial charge on any atom is -0.198 e. The number of hydrogen-bond donors (Lipinski definition) is 0. The van der Waals surface area contributed by atoms with Crippen molar-refractivity contribution in [1.29, 1.82) is 5.26 Å². The van der Waals surface area contributed by atoms with Gasteiger partial charge in [-0.2, -0.15) is 5.26 Å². The van der Waals surface area contributed by atoms with Gasteiger partial charge in [0.05, 0.1) is 6.07 Å². The van der Waals surface area contributed by atoms with Crippen molar-refractivity contribution in [3.05, 3.63) is 28.7 Å². The van der Waals surface area contributed by atoms with E-state index in [2.05, 4.69) is 35.0 Å². The highest BCUT2D eigenvalue weighted by Gasteiger charge is 2.05. The molecule has 1 nitrogen and oxygen atoms in total. The Morgan fingerprint density at radius 3 is 2.85 bits per heavy atom. The van der Waals surface area contributed by atoms with Crippen LogP contribution in [-0.4, -0.2) is 5.25 Å². The molecule has 0 heterocycles. The molecule has 0 saturated heterocycles. The molecule has 0 fully saturated rings. The average Bonchev–Trinajstić information content (AvgIpc) is 2.09. The summed E-state index contributed by atoms with van der Waals surface area (Å²) < 4.78 is 1.10. The van der Waals surface area contributed by atoms with Crippen LogP contribution in [0.4, 0.5) is 0 Å². The van der Waals surface area contributed by atoms with Gasteiger partial charge in [0.25, 0.3) is 0 Å². The number of nitrogens with zero attached hydrogens (tertiary/aromatic N) is 1. The maximum atomic E-state index is 8.51. The quantitative estimate of drug-likeness (QED) is 0.767. The number of benzene rings is 1. The van der Waals surface area contributed by atoms with E-state index in [1.165, 1.54) is 4.90 Å². The second-order valence-corrected chi connectivity index (χ2v) is 5.06. The van der Waals surface area contributed by atoms with Crippen LogP contribution in [0.25, 0.3) is 0 Å². The van der Waals surface area contributed by atoms with E-state index in [0.29, 0.717) is 11.7 Å². The van der Waals surface area contributed by atoms with Crippen LogP contribution in [0.1, 0.15) is 13.3 Å². The topological polar surface area (TPSA) is 23.8 Å². The Balaban J connectivity index is 2.64. The summed E-state index contributed by atoms with van der Waals surface area (Å²) in [4.78, 5) is 1.20.